The molecular formula is C16H27ClN2. The molecule has 1 unspecified atom stereocenters. The summed E-state index contributed by atoms with van der Waals surface area (Å²) in [4.78, 5) is 2.31. The third kappa shape index (κ3) is 5.42. The molecule has 0 aromatic heterocycles. The largest absolute Gasteiger partial charge is 0.374 e. The highest BCUT2D eigenvalue weighted by atomic mass is 35.5. The zero-order chi connectivity index (χ0) is 14.4. The van der Waals surface area contributed by atoms with Crippen LogP contribution in [0.4, 0.5) is 5.69 Å². The summed E-state index contributed by atoms with van der Waals surface area (Å²) in [7, 11) is 2.15. The van der Waals surface area contributed by atoms with Crippen LogP contribution in [0.5, 0.6) is 0 Å². The minimum absolute atomic E-state index is 0.204. The summed E-state index contributed by atoms with van der Waals surface area (Å²) in [6.45, 7) is 7.69. The second kappa shape index (κ2) is 7.76. The van der Waals surface area contributed by atoms with E-state index in [-0.39, 0.29) is 6.04 Å². The van der Waals surface area contributed by atoms with Gasteiger partial charge in [0.2, 0.25) is 0 Å². The van der Waals surface area contributed by atoms with Crippen molar-refractivity contribution in [1.29, 1.82) is 0 Å². The maximum atomic E-state index is 6.12. The molecule has 3 heteroatoms. The Hall–Kier alpha value is -0.730. The van der Waals surface area contributed by atoms with E-state index in [1.165, 1.54) is 17.7 Å². The van der Waals surface area contributed by atoms with Gasteiger partial charge in [-0.3, -0.25) is 0 Å². The molecule has 1 aromatic carbocycles. The minimum Gasteiger partial charge on any atom is -0.374 e. The molecule has 2 nitrogen and oxygen atoms in total. The number of nitrogens with two attached hydrogens (primary N) is 1. The highest BCUT2D eigenvalue weighted by Crippen LogP contribution is 2.25. The fourth-order valence-electron chi connectivity index (χ4n) is 2.09. The van der Waals surface area contributed by atoms with Gasteiger partial charge >= 0.3 is 0 Å². The highest BCUT2D eigenvalue weighted by molar-refractivity contribution is 6.30. The summed E-state index contributed by atoms with van der Waals surface area (Å²) in [6.07, 6.45) is 3.07. The monoisotopic (exact) mass is 282 g/mol. The number of halogens is 1. The van der Waals surface area contributed by atoms with Crippen LogP contribution in [0.25, 0.3) is 0 Å². The van der Waals surface area contributed by atoms with Crippen molar-refractivity contribution < 1.29 is 0 Å². The predicted octanol–water partition coefficient (Wildman–Crippen LogP) is 4.10. The zero-order valence-corrected chi connectivity index (χ0v) is 13.4. The Labute approximate surface area is 122 Å². The van der Waals surface area contributed by atoms with Gasteiger partial charge in [0.05, 0.1) is 0 Å². The van der Waals surface area contributed by atoms with Gasteiger partial charge in [-0.2, -0.15) is 0 Å². The van der Waals surface area contributed by atoms with Crippen LogP contribution in [0.15, 0.2) is 18.2 Å². The number of anilines is 1. The first kappa shape index (κ1) is 16.3. The fraction of sp³-hybridized carbons (Fsp3) is 0.625. The fourth-order valence-corrected chi connectivity index (χ4v) is 2.28. The topological polar surface area (TPSA) is 29.3 Å². The molecular weight excluding hydrogens is 256 g/mol. The maximum Gasteiger partial charge on any atom is 0.0410 e. The molecule has 2 N–H and O–H groups in total. The lowest BCUT2D eigenvalue weighted by molar-refractivity contribution is 0.583. The summed E-state index contributed by atoms with van der Waals surface area (Å²) in [5.74, 6) is 0.719. The lowest BCUT2D eigenvalue weighted by Gasteiger charge is -2.24. The van der Waals surface area contributed by atoms with E-state index >= 15 is 0 Å². The van der Waals surface area contributed by atoms with Crippen LogP contribution in [0.1, 0.15) is 39.2 Å². The van der Waals surface area contributed by atoms with Gasteiger partial charge in [0, 0.05) is 30.3 Å². The van der Waals surface area contributed by atoms with E-state index in [2.05, 4.69) is 44.9 Å². The van der Waals surface area contributed by atoms with E-state index < -0.39 is 0 Å². The first-order chi connectivity index (χ1) is 8.93. The summed E-state index contributed by atoms with van der Waals surface area (Å²) < 4.78 is 0. The normalized spacial score (nSPS) is 12.8. The molecule has 19 heavy (non-hydrogen) atoms. The molecule has 0 radical (unpaired) electrons. The maximum absolute atomic E-state index is 6.12. The SMILES string of the molecule is CCC(N)Cc1cc(Cl)ccc1N(C)CCC(C)C. The van der Waals surface area contributed by atoms with Gasteiger partial charge in [0.1, 0.15) is 0 Å². The molecule has 0 spiro atoms. The number of hydrogen-bond donors (Lipinski definition) is 1. The first-order valence-electron chi connectivity index (χ1n) is 7.19. The Morgan fingerprint density at radius 1 is 1.32 bits per heavy atom. The van der Waals surface area contributed by atoms with Gasteiger partial charge in [0.15, 0.2) is 0 Å². The van der Waals surface area contributed by atoms with Crippen LogP contribution in [0.3, 0.4) is 0 Å². The van der Waals surface area contributed by atoms with Crippen molar-refractivity contribution in [3.05, 3.63) is 28.8 Å². The van der Waals surface area contributed by atoms with Gasteiger partial charge in [0.25, 0.3) is 0 Å². The van der Waals surface area contributed by atoms with Crippen molar-refractivity contribution in [1.82, 2.24) is 0 Å². The average Bonchev–Trinajstić information content (AvgIpc) is 2.36. The van der Waals surface area contributed by atoms with Crippen LogP contribution in [-0.4, -0.2) is 19.6 Å². The molecule has 0 bridgehead atoms. The van der Waals surface area contributed by atoms with E-state index in [4.69, 9.17) is 17.3 Å². The van der Waals surface area contributed by atoms with Crippen molar-refractivity contribution in [2.45, 2.75) is 46.1 Å². The summed E-state index contributed by atoms with van der Waals surface area (Å²) in [5, 5.41) is 0.791. The molecule has 1 aromatic rings. The molecule has 0 heterocycles. The quantitative estimate of drug-likeness (QED) is 0.816. The van der Waals surface area contributed by atoms with Crippen molar-refractivity contribution in [3.63, 3.8) is 0 Å². The molecule has 1 atom stereocenters. The molecule has 0 aliphatic heterocycles. The summed E-state index contributed by atoms with van der Waals surface area (Å²) in [6, 6.07) is 6.33. The molecule has 0 aliphatic rings. The van der Waals surface area contributed by atoms with E-state index in [0.717, 1.165) is 30.3 Å². The van der Waals surface area contributed by atoms with E-state index in [1.807, 2.05) is 6.07 Å². The standard InChI is InChI=1S/C16H27ClN2/c1-5-15(18)11-13-10-14(17)6-7-16(13)19(4)9-8-12(2)3/h6-7,10,12,15H,5,8-9,11,18H2,1-4H3. The average molecular weight is 283 g/mol. The van der Waals surface area contributed by atoms with Crippen molar-refractivity contribution in [3.8, 4) is 0 Å². The Kier molecular flexibility index (Phi) is 6.67. The first-order valence-corrected chi connectivity index (χ1v) is 7.57. The Bertz CT molecular complexity index is 390. The number of rotatable bonds is 7. The zero-order valence-electron chi connectivity index (χ0n) is 12.6. The number of hydrogen-bond acceptors (Lipinski definition) is 2. The van der Waals surface area contributed by atoms with Crippen molar-refractivity contribution in [2.75, 3.05) is 18.5 Å². The van der Waals surface area contributed by atoms with Crippen LogP contribution in [0.2, 0.25) is 5.02 Å². The number of nitrogens with zero attached hydrogens (tertiary/aromatic N) is 1. The third-order valence-electron chi connectivity index (χ3n) is 3.50. The minimum atomic E-state index is 0.204. The van der Waals surface area contributed by atoms with Gasteiger partial charge in [-0.05, 0) is 48.9 Å². The van der Waals surface area contributed by atoms with E-state index in [1.54, 1.807) is 0 Å². The van der Waals surface area contributed by atoms with Crippen molar-refractivity contribution in [2.24, 2.45) is 11.7 Å². The van der Waals surface area contributed by atoms with Gasteiger partial charge in [-0.15, -0.1) is 0 Å². The summed E-state index contributed by atoms with van der Waals surface area (Å²) in [5.41, 5.74) is 8.60. The van der Waals surface area contributed by atoms with Crippen LogP contribution < -0.4 is 10.6 Å². The van der Waals surface area contributed by atoms with Crippen molar-refractivity contribution >= 4 is 17.3 Å². The van der Waals surface area contributed by atoms with Gasteiger partial charge < -0.3 is 10.6 Å². The smallest absolute Gasteiger partial charge is 0.0410 e. The molecule has 0 saturated carbocycles. The number of benzene rings is 1. The second-order valence-electron chi connectivity index (χ2n) is 5.75. The summed E-state index contributed by atoms with van der Waals surface area (Å²) >= 11 is 6.12. The molecule has 1 rings (SSSR count). The Balaban J connectivity index is 2.85. The van der Waals surface area contributed by atoms with E-state index in [9.17, 15) is 0 Å². The van der Waals surface area contributed by atoms with Gasteiger partial charge in [-0.25, -0.2) is 0 Å². The third-order valence-corrected chi connectivity index (χ3v) is 3.74. The highest BCUT2D eigenvalue weighted by Gasteiger charge is 2.11. The Morgan fingerprint density at radius 2 is 2.00 bits per heavy atom. The molecule has 0 fully saturated rings. The van der Waals surface area contributed by atoms with Crippen LogP contribution >= 0.6 is 11.6 Å². The molecule has 108 valence electrons. The second-order valence-corrected chi connectivity index (χ2v) is 6.19. The molecule has 0 amide bonds. The van der Waals surface area contributed by atoms with Crippen LogP contribution in [-0.2, 0) is 6.42 Å². The molecule has 0 saturated heterocycles. The molecule has 0 aliphatic carbocycles. The lowest BCUT2D eigenvalue weighted by Crippen LogP contribution is -2.25. The van der Waals surface area contributed by atoms with E-state index in [0.29, 0.717) is 0 Å². The van der Waals surface area contributed by atoms with Crippen LogP contribution in [0, 0.1) is 5.92 Å². The lowest BCUT2D eigenvalue weighted by atomic mass is 10.0. The van der Waals surface area contributed by atoms with Gasteiger partial charge in [-0.1, -0.05) is 32.4 Å². The predicted molar refractivity (Wildman–Crippen MR) is 86.1 cm³/mol. The Morgan fingerprint density at radius 3 is 2.58 bits per heavy atom.